The van der Waals surface area contributed by atoms with Gasteiger partial charge in [0.25, 0.3) is 0 Å². The van der Waals surface area contributed by atoms with Crippen molar-refractivity contribution in [3.63, 3.8) is 0 Å². The summed E-state index contributed by atoms with van der Waals surface area (Å²) < 4.78 is 0. The van der Waals surface area contributed by atoms with E-state index in [0.29, 0.717) is 0 Å². The molecule has 0 spiro atoms. The summed E-state index contributed by atoms with van der Waals surface area (Å²) in [4.78, 5) is 7.02. The maximum Gasteiger partial charge on any atom is 1.00 e. The quantitative estimate of drug-likeness (QED) is 0.351. The van der Waals surface area contributed by atoms with E-state index in [4.69, 9.17) is 0 Å². The molecule has 0 aliphatic carbocycles. The molecule has 0 unspecified atom stereocenters. The number of benzene rings is 2. The van der Waals surface area contributed by atoms with Crippen molar-refractivity contribution in [2.75, 3.05) is 0 Å². The van der Waals surface area contributed by atoms with Gasteiger partial charge in [0.15, 0.2) is 0 Å². The number of H-pyrrole nitrogens is 2. The minimum absolute atomic E-state index is 0. The zero-order chi connectivity index (χ0) is 14.8. The molecular formula is C20H20ClN2Na. The number of para-hydroxylation sites is 2. The van der Waals surface area contributed by atoms with Crippen molar-refractivity contribution in [2.24, 2.45) is 0 Å². The number of aryl methyl sites for hydroxylation is 2. The number of fused-ring (bicyclic) bond motifs is 2. The van der Waals surface area contributed by atoms with Gasteiger partial charge in [-0.25, -0.2) is 0 Å². The number of hydrogen-bond acceptors (Lipinski definition) is 0. The van der Waals surface area contributed by atoms with E-state index in [1.54, 1.807) is 0 Å². The van der Waals surface area contributed by atoms with Crippen LogP contribution >= 0.6 is 0 Å². The molecule has 2 nitrogen and oxygen atoms in total. The second-order valence-corrected chi connectivity index (χ2v) is 5.97. The predicted molar refractivity (Wildman–Crippen MR) is 93.2 cm³/mol. The van der Waals surface area contributed by atoms with Gasteiger partial charge in [-0.1, -0.05) is 36.4 Å². The van der Waals surface area contributed by atoms with Crippen molar-refractivity contribution < 1.29 is 42.0 Å². The molecule has 24 heavy (non-hydrogen) atoms. The molecule has 2 N–H and O–H groups in total. The van der Waals surface area contributed by atoms with Crippen LogP contribution in [-0.2, 0) is 12.8 Å². The van der Waals surface area contributed by atoms with E-state index < -0.39 is 0 Å². The Labute approximate surface area is 170 Å². The number of aromatic amines is 2. The molecule has 0 bridgehead atoms. The van der Waals surface area contributed by atoms with E-state index in [9.17, 15) is 0 Å². The molecule has 0 saturated carbocycles. The molecule has 118 valence electrons. The first-order chi connectivity index (χ1) is 10.9. The van der Waals surface area contributed by atoms with Crippen molar-refractivity contribution in [2.45, 2.75) is 25.7 Å². The van der Waals surface area contributed by atoms with E-state index in [1.165, 1.54) is 46.0 Å². The smallest absolute Gasteiger partial charge is 1.00 e. The average molecular weight is 347 g/mol. The number of aromatic nitrogens is 2. The summed E-state index contributed by atoms with van der Waals surface area (Å²) in [5, 5.41) is 2.63. The third kappa shape index (κ3) is 4.25. The van der Waals surface area contributed by atoms with E-state index >= 15 is 0 Å². The molecule has 0 radical (unpaired) electrons. The van der Waals surface area contributed by atoms with Crippen LogP contribution in [0.4, 0.5) is 0 Å². The first kappa shape index (κ1) is 19.1. The monoisotopic (exact) mass is 346 g/mol. The second kappa shape index (κ2) is 8.77. The van der Waals surface area contributed by atoms with Gasteiger partial charge in [-0.2, -0.15) is 0 Å². The van der Waals surface area contributed by atoms with Crippen LogP contribution in [0, 0.1) is 0 Å². The molecular weight excluding hydrogens is 327 g/mol. The number of halogens is 1. The zero-order valence-electron chi connectivity index (χ0n) is 14.0. The van der Waals surface area contributed by atoms with Crippen LogP contribution < -0.4 is 42.0 Å². The van der Waals surface area contributed by atoms with Gasteiger partial charge in [-0.15, -0.1) is 0 Å². The van der Waals surface area contributed by atoms with Crippen LogP contribution in [-0.4, -0.2) is 9.97 Å². The SMILES string of the molecule is [Cl-].[Na+].c1ccc2[nH]c(CCCCc3cc4ccccc4[nH]3)cc2c1. The molecule has 0 saturated heterocycles. The standard InChI is InChI=1S/C20H20N2.ClH.Na/c1-5-11-19-15(7-1)13-17(21-19)9-3-4-10-18-14-16-8-2-6-12-20(16)22-18;;/h1-2,5-8,11-14,21-22H,3-4,9-10H2;1H;/q;;+1/p-1. The normalized spacial score (nSPS) is 10.5. The first-order valence-corrected chi connectivity index (χ1v) is 8.02. The van der Waals surface area contributed by atoms with E-state index in [2.05, 4.69) is 70.6 Å². The maximum atomic E-state index is 3.51. The van der Waals surface area contributed by atoms with Gasteiger partial charge in [0.05, 0.1) is 0 Å². The molecule has 4 heteroatoms. The van der Waals surface area contributed by atoms with Crippen molar-refractivity contribution >= 4 is 21.8 Å². The van der Waals surface area contributed by atoms with Crippen LogP contribution in [0.5, 0.6) is 0 Å². The van der Waals surface area contributed by atoms with Gasteiger partial charge in [0.2, 0.25) is 0 Å². The van der Waals surface area contributed by atoms with E-state index in [1.807, 2.05) is 0 Å². The van der Waals surface area contributed by atoms with Crippen molar-refractivity contribution in [1.82, 2.24) is 9.97 Å². The number of unbranched alkanes of at least 4 members (excludes halogenated alkanes) is 1. The summed E-state index contributed by atoms with van der Waals surface area (Å²) in [5.74, 6) is 0. The van der Waals surface area contributed by atoms with Crippen LogP contribution in [0.2, 0.25) is 0 Å². The minimum Gasteiger partial charge on any atom is -1.00 e. The second-order valence-electron chi connectivity index (χ2n) is 5.97. The topological polar surface area (TPSA) is 31.6 Å². The van der Waals surface area contributed by atoms with Gasteiger partial charge in [-0.05, 0) is 60.7 Å². The Hall–Kier alpha value is -1.19. The van der Waals surface area contributed by atoms with Crippen molar-refractivity contribution in [3.8, 4) is 0 Å². The summed E-state index contributed by atoms with van der Waals surface area (Å²) in [7, 11) is 0. The molecule has 0 fully saturated rings. The summed E-state index contributed by atoms with van der Waals surface area (Å²) in [6.45, 7) is 0. The molecule has 0 atom stereocenters. The van der Waals surface area contributed by atoms with Crippen LogP contribution in [0.25, 0.3) is 21.8 Å². The molecule has 2 aromatic carbocycles. The molecule has 0 aliphatic heterocycles. The summed E-state index contributed by atoms with van der Waals surface area (Å²) >= 11 is 0. The molecule has 0 amide bonds. The Morgan fingerprint density at radius 2 is 1.04 bits per heavy atom. The van der Waals surface area contributed by atoms with Crippen molar-refractivity contribution in [3.05, 3.63) is 72.1 Å². The van der Waals surface area contributed by atoms with Crippen LogP contribution in [0.3, 0.4) is 0 Å². The Bertz CT molecular complexity index is 768. The number of hydrogen-bond donors (Lipinski definition) is 2. The largest absolute Gasteiger partial charge is 1.00 e. The van der Waals surface area contributed by atoms with Gasteiger partial charge < -0.3 is 22.4 Å². The van der Waals surface area contributed by atoms with Crippen LogP contribution in [0.1, 0.15) is 24.2 Å². The Morgan fingerprint density at radius 1 is 0.625 bits per heavy atom. The third-order valence-corrected chi connectivity index (χ3v) is 4.31. The molecule has 4 rings (SSSR count). The third-order valence-electron chi connectivity index (χ3n) is 4.31. The molecule has 2 heterocycles. The summed E-state index contributed by atoms with van der Waals surface area (Å²) in [5.41, 5.74) is 5.18. The fourth-order valence-corrected chi connectivity index (χ4v) is 3.17. The predicted octanol–water partition coefficient (Wildman–Crippen LogP) is -0.777. The van der Waals surface area contributed by atoms with Gasteiger partial charge >= 0.3 is 29.6 Å². The van der Waals surface area contributed by atoms with Gasteiger partial charge in [0, 0.05) is 22.4 Å². The first-order valence-electron chi connectivity index (χ1n) is 8.02. The molecule has 2 aromatic heterocycles. The average Bonchev–Trinajstić information content (AvgIpc) is 3.14. The minimum atomic E-state index is 0. The fraction of sp³-hybridized carbons (Fsp3) is 0.200. The Morgan fingerprint density at radius 3 is 1.46 bits per heavy atom. The summed E-state index contributed by atoms with van der Waals surface area (Å²) in [6, 6.07) is 21.5. The Balaban J connectivity index is 0.00000104. The van der Waals surface area contributed by atoms with Gasteiger partial charge in [-0.3, -0.25) is 0 Å². The molecule has 4 aromatic rings. The van der Waals surface area contributed by atoms with Gasteiger partial charge in [0.1, 0.15) is 0 Å². The zero-order valence-corrected chi connectivity index (χ0v) is 16.7. The molecule has 0 aliphatic rings. The van der Waals surface area contributed by atoms with E-state index in [0.717, 1.165) is 12.8 Å². The fourth-order valence-electron chi connectivity index (χ4n) is 3.17. The van der Waals surface area contributed by atoms with Crippen LogP contribution in [0.15, 0.2) is 60.7 Å². The van der Waals surface area contributed by atoms with E-state index in [-0.39, 0.29) is 42.0 Å². The summed E-state index contributed by atoms with van der Waals surface area (Å²) in [6.07, 6.45) is 4.66. The Kier molecular flexibility index (Phi) is 7.00. The number of rotatable bonds is 5. The maximum absolute atomic E-state index is 3.51. The number of nitrogens with one attached hydrogen (secondary N) is 2. The van der Waals surface area contributed by atoms with Crippen molar-refractivity contribution in [1.29, 1.82) is 0 Å².